The van der Waals surface area contributed by atoms with E-state index in [0.717, 1.165) is 22.9 Å². The quantitative estimate of drug-likeness (QED) is 0.391. The van der Waals surface area contributed by atoms with Gasteiger partial charge in [0.05, 0.1) is 17.9 Å². The van der Waals surface area contributed by atoms with Gasteiger partial charge in [0, 0.05) is 37.3 Å². The molecule has 0 unspecified atom stereocenters. The summed E-state index contributed by atoms with van der Waals surface area (Å²) in [5.74, 6) is 1.05. The summed E-state index contributed by atoms with van der Waals surface area (Å²) in [5.41, 5.74) is 2.89. The fraction of sp³-hybridized carbons (Fsp3) is 0.300. The molecule has 0 radical (unpaired) electrons. The monoisotopic (exact) mass is 395 g/mol. The summed E-state index contributed by atoms with van der Waals surface area (Å²) in [6, 6.07) is 6.51. The van der Waals surface area contributed by atoms with Gasteiger partial charge in [-0.15, -0.1) is 0 Å². The lowest BCUT2D eigenvalue weighted by Gasteiger charge is -2.20. The Kier molecular flexibility index (Phi) is 5.48. The normalized spacial score (nSPS) is 12.4. The Hall–Kier alpha value is -3.33. The fourth-order valence-corrected chi connectivity index (χ4v) is 3.21. The van der Waals surface area contributed by atoms with Crippen molar-refractivity contribution in [1.82, 2.24) is 24.9 Å². The smallest absolute Gasteiger partial charge is 0.182 e. The molecule has 0 aliphatic heterocycles. The number of ether oxygens (including phenoxy) is 1. The van der Waals surface area contributed by atoms with Crippen molar-refractivity contribution < 1.29 is 9.13 Å². The minimum atomic E-state index is -0.308. The molecule has 0 saturated heterocycles. The van der Waals surface area contributed by atoms with Gasteiger partial charge < -0.3 is 20.4 Å². The van der Waals surface area contributed by atoms with E-state index < -0.39 is 0 Å². The number of aromatic amines is 1. The minimum absolute atomic E-state index is 0.122. The van der Waals surface area contributed by atoms with Crippen molar-refractivity contribution in [3.63, 3.8) is 0 Å². The first kappa shape index (κ1) is 19.0. The largest absolute Gasteiger partial charge is 0.385 e. The van der Waals surface area contributed by atoms with Crippen molar-refractivity contribution >= 4 is 33.7 Å². The molecule has 4 rings (SSSR count). The van der Waals surface area contributed by atoms with Gasteiger partial charge in [-0.2, -0.15) is 0 Å². The Labute approximate surface area is 167 Å². The van der Waals surface area contributed by atoms with Crippen LogP contribution in [0.25, 0.3) is 22.1 Å². The number of halogens is 1. The number of fused-ring (bicyclic) bond motifs is 2. The highest BCUT2D eigenvalue weighted by molar-refractivity contribution is 5.84. The molecule has 8 nitrogen and oxygen atoms in total. The molecular formula is C20H22FN7O. The molecule has 3 heterocycles. The highest BCUT2D eigenvalue weighted by atomic mass is 19.1. The second kappa shape index (κ2) is 8.36. The Morgan fingerprint density at radius 2 is 2.07 bits per heavy atom. The van der Waals surface area contributed by atoms with Gasteiger partial charge in [0.15, 0.2) is 11.5 Å². The van der Waals surface area contributed by atoms with Crippen LogP contribution >= 0.6 is 0 Å². The summed E-state index contributed by atoms with van der Waals surface area (Å²) in [4.78, 5) is 20.4. The molecular weight excluding hydrogens is 373 g/mol. The summed E-state index contributed by atoms with van der Waals surface area (Å²) in [5, 5.41) is 7.62. The molecule has 0 fully saturated rings. The zero-order chi connectivity index (χ0) is 20.2. The van der Waals surface area contributed by atoms with E-state index in [2.05, 4.69) is 35.6 Å². The summed E-state index contributed by atoms with van der Waals surface area (Å²) in [7, 11) is 1.67. The van der Waals surface area contributed by atoms with Crippen molar-refractivity contribution in [2.75, 3.05) is 30.9 Å². The molecule has 0 aliphatic rings. The number of hydrogen-bond acceptors (Lipinski definition) is 7. The Morgan fingerprint density at radius 1 is 1.17 bits per heavy atom. The van der Waals surface area contributed by atoms with E-state index in [0.29, 0.717) is 36.0 Å². The topological polar surface area (TPSA) is 101 Å². The lowest BCUT2D eigenvalue weighted by Crippen LogP contribution is -2.14. The number of anilines is 2. The molecule has 0 spiro atoms. The van der Waals surface area contributed by atoms with Gasteiger partial charge in [0.2, 0.25) is 0 Å². The van der Waals surface area contributed by atoms with Crippen LogP contribution in [0.4, 0.5) is 16.0 Å². The standard InChI is InChI=1S/C20H22FN7O/c1-12(27-20-17-19(24-10-23-17)25-11-26-20)15-8-13-4-5-14(21)9-16(13)28-18(15)22-6-3-7-29-2/h4-5,8-12H,3,6-7H2,1-2H3,(H,22,28)(H2,23,24,25,26,27)/t12-/m0/s1. The number of H-pyrrole nitrogens is 1. The van der Waals surface area contributed by atoms with Crippen LogP contribution < -0.4 is 10.6 Å². The first-order valence-corrected chi connectivity index (χ1v) is 9.39. The van der Waals surface area contributed by atoms with Gasteiger partial charge in [0.25, 0.3) is 0 Å². The number of nitrogens with zero attached hydrogens (tertiary/aromatic N) is 4. The van der Waals surface area contributed by atoms with E-state index in [4.69, 9.17) is 4.74 Å². The third kappa shape index (κ3) is 4.09. The zero-order valence-electron chi connectivity index (χ0n) is 16.2. The maximum absolute atomic E-state index is 13.7. The first-order chi connectivity index (χ1) is 14.2. The van der Waals surface area contributed by atoms with Crippen LogP contribution in [-0.4, -0.2) is 45.2 Å². The van der Waals surface area contributed by atoms with E-state index in [-0.39, 0.29) is 11.9 Å². The number of hydrogen-bond donors (Lipinski definition) is 3. The molecule has 0 amide bonds. The molecule has 4 aromatic rings. The lowest BCUT2D eigenvalue weighted by atomic mass is 10.1. The van der Waals surface area contributed by atoms with Gasteiger partial charge in [0.1, 0.15) is 23.5 Å². The van der Waals surface area contributed by atoms with Gasteiger partial charge in [-0.25, -0.2) is 24.3 Å². The van der Waals surface area contributed by atoms with Crippen LogP contribution in [0, 0.1) is 5.82 Å². The molecule has 1 aromatic carbocycles. The molecule has 150 valence electrons. The van der Waals surface area contributed by atoms with Gasteiger partial charge >= 0.3 is 0 Å². The number of imidazole rings is 1. The Morgan fingerprint density at radius 3 is 2.93 bits per heavy atom. The number of benzene rings is 1. The van der Waals surface area contributed by atoms with E-state index in [1.807, 2.05) is 13.0 Å². The maximum atomic E-state index is 13.7. The molecule has 0 bridgehead atoms. The average Bonchev–Trinajstić information content (AvgIpc) is 3.20. The van der Waals surface area contributed by atoms with Crippen LogP contribution in [0.15, 0.2) is 36.9 Å². The van der Waals surface area contributed by atoms with E-state index >= 15 is 0 Å². The number of aromatic nitrogens is 5. The average molecular weight is 395 g/mol. The van der Waals surface area contributed by atoms with Crippen LogP contribution in [0.5, 0.6) is 0 Å². The van der Waals surface area contributed by atoms with Crippen LogP contribution in [0.2, 0.25) is 0 Å². The minimum Gasteiger partial charge on any atom is -0.385 e. The maximum Gasteiger partial charge on any atom is 0.182 e. The number of nitrogens with one attached hydrogen (secondary N) is 3. The summed E-state index contributed by atoms with van der Waals surface area (Å²) in [6.45, 7) is 3.37. The Balaban J connectivity index is 1.67. The SMILES string of the molecule is COCCCNc1nc2cc(F)ccc2cc1[C@H](C)Nc1ncnc2nc[nH]c12. The molecule has 3 aromatic heterocycles. The van der Waals surface area contributed by atoms with E-state index in [1.165, 1.54) is 18.5 Å². The predicted octanol–water partition coefficient (Wildman–Crippen LogP) is 3.66. The fourth-order valence-electron chi connectivity index (χ4n) is 3.21. The van der Waals surface area contributed by atoms with Gasteiger partial charge in [-0.1, -0.05) is 0 Å². The van der Waals surface area contributed by atoms with Crippen molar-refractivity contribution in [2.24, 2.45) is 0 Å². The number of pyridine rings is 1. The first-order valence-electron chi connectivity index (χ1n) is 9.39. The Bertz CT molecular complexity index is 1130. The molecule has 9 heteroatoms. The van der Waals surface area contributed by atoms with Gasteiger partial charge in [-0.05, 0) is 31.5 Å². The van der Waals surface area contributed by atoms with Crippen LogP contribution in [0.1, 0.15) is 24.9 Å². The molecule has 0 saturated carbocycles. The van der Waals surface area contributed by atoms with E-state index in [1.54, 1.807) is 19.5 Å². The molecule has 1 atom stereocenters. The van der Waals surface area contributed by atoms with Crippen molar-refractivity contribution in [3.8, 4) is 0 Å². The predicted molar refractivity (Wildman–Crippen MR) is 110 cm³/mol. The summed E-state index contributed by atoms with van der Waals surface area (Å²) in [6.07, 6.45) is 3.90. The van der Waals surface area contributed by atoms with Crippen molar-refractivity contribution in [3.05, 3.63) is 48.3 Å². The highest BCUT2D eigenvalue weighted by Gasteiger charge is 2.16. The van der Waals surface area contributed by atoms with Crippen molar-refractivity contribution in [2.45, 2.75) is 19.4 Å². The summed E-state index contributed by atoms with van der Waals surface area (Å²) < 4.78 is 18.8. The van der Waals surface area contributed by atoms with Crippen molar-refractivity contribution in [1.29, 1.82) is 0 Å². The third-order valence-electron chi connectivity index (χ3n) is 4.67. The zero-order valence-corrected chi connectivity index (χ0v) is 16.2. The number of methoxy groups -OCH3 is 1. The van der Waals surface area contributed by atoms with Crippen LogP contribution in [0.3, 0.4) is 0 Å². The second-order valence-corrected chi connectivity index (χ2v) is 6.73. The third-order valence-corrected chi connectivity index (χ3v) is 4.67. The molecule has 3 N–H and O–H groups in total. The summed E-state index contributed by atoms with van der Waals surface area (Å²) >= 11 is 0. The second-order valence-electron chi connectivity index (χ2n) is 6.73. The molecule has 0 aliphatic carbocycles. The lowest BCUT2D eigenvalue weighted by molar-refractivity contribution is 0.197. The van der Waals surface area contributed by atoms with E-state index in [9.17, 15) is 4.39 Å². The van der Waals surface area contributed by atoms with Gasteiger partial charge in [-0.3, -0.25) is 0 Å². The number of rotatable bonds is 8. The van der Waals surface area contributed by atoms with Crippen LogP contribution in [-0.2, 0) is 4.74 Å². The highest BCUT2D eigenvalue weighted by Crippen LogP contribution is 2.29. The molecule has 29 heavy (non-hydrogen) atoms.